The van der Waals surface area contributed by atoms with Crippen LogP contribution >= 0.6 is 0 Å². The lowest BCUT2D eigenvalue weighted by molar-refractivity contribution is -0.844. The Morgan fingerprint density at radius 3 is 1.85 bits per heavy atom. The fraction of sp³-hybridized carbons (Fsp3) is 0.478. The second kappa shape index (κ2) is 8.08. The quantitative estimate of drug-likeness (QED) is 0.318. The van der Waals surface area contributed by atoms with Crippen molar-refractivity contribution in [2.75, 3.05) is 6.54 Å². The molecule has 1 heterocycles. The van der Waals surface area contributed by atoms with Crippen LogP contribution in [0.1, 0.15) is 30.9 Å². The van der Waals surface area contributed by atoms with Crippen LogP contribution in [-0.2, 0) is 17.5 Å². The van der Waals surface area contributed by atoms with Gasteiger partial charge in [-0.3, -0.25) is 0 Å². The van der Waals surface area contributed by atoms with E-state index in [9.17, 15) is 0 Å². The lowest BCUT2D eigenvalue weighted by atomic mass is 10.1. The molecule has 2 atom stereocenters. The molecule has 0 saturated carbocycles. The molecule has 1 aliphatic rings. The Morgan fingerprint density at radius 1 is 0.923 bits per heavy atom. The first kappa shape index (κ1) is 19.3. The normalized spacial score (nSPS) is 19.9. The van der Waals surface area contributed by atoms with Crippen molar-refractivity contribution >= 4 is 8.32 Å². The van der Waals surface area contributed by atoms with Gasteiger partial charge in [0, 0.05) is 11.1 Å². The standard InChI is InChI=1S/C23H34NOSi/c1-5-12-23(25-26(2,3)4)22-19-24(22,17-20-13-8-6-9-14-20)18-21-15-10-7-11-16-21/h6-11,13-16,22-23H,5,12,17-19H2,1-4H3/q+1/t22-,23-/m1/s1. The molecule has 1 saturated heterocycles. The Kier molecular flexibility index (Phi) is 6.01. The molecule has 0 N–H and O–H groups in total. The van der Waals surface area contributed by atoms with Crippen LogP contribution in [-0.4, -0.2) is 31.5 Å². The first-order valence-corrected chi connectivity index (χ1v) is 13.4. The average Bonchev–Trinajstić information content (AvgIpc) is 3.28. The Balaban J connectivity index is 1.82. The van der Waals surface area contributed by atoms with Crippen molar-refractivity contribution in [2.24, 2.45) is 0 Å². The maximum atomic E-state index is 6.66. The smallest absolute Gasteiger partial charge is 0.184 e. The van der Waals surface area contributed by atoms with Crippen LogP contribution in [0.4, 0.5) is 0 Å². The van der Waals surface area contributed by atoms with Gasteiger partial charge >= 0.3 is 0 Å². The molecule has 0 unspecified atom stereocenters. The minimum Gasteiger partial charge on any atom is -0.408 e. The van der Waals surface area contributed by atoms with Crippen molar-refractivity contribution in [1.82, 2.24) is 0 Å². The van der Waals surface area contributed by atoms with Crippen molar-refractivity contribution in [3.05, 3.63) is 71.8 Å². The average molecular weight is 369 g/mol. The monoisotopic (exact) mass is 368 g/mol. The number of nitrogens with zero attached hydrogens (tertiary/aromatic N) is 1. The van der Waals surface area contributed by atoms with Gasteiger partial charge in [0.15, 0.2) is 14.4 Å². The van der Waals surface area contributed by atoms with E-state index in [1.165, 1.54) is 30.5 Å². The van der Waals surface area contributed by atoms with Gasteiger partial charge < -0.3 is 8.91 Å². The van der Waals surface area contributed by atoms with Gasteiger partial charge in [0.25, 0.3) is 0 Å². The van der Waals surface area contributed by atoms with E-state index < -0.39 is 8.32 Å². The lowest BCUT2D eigenvalue weighted by Crippen LogP contribution is -2.40. The number of benzene rings is 2. The highest BCUT2D eigenvalue weighted by Gasteiger charge is 2.59. The Labute approximate surface area is 160 Å². The highest BCUT2D eigenvalue weighted by molar-refractivity contribution is 6.69. The summed E-state index contributed by atoms with van der Waals surface area (Å²) in [5.41, 5.74) is 2.88. The molecule has 26 heavy (non-hydrogen) atoms. The summed E-state index contributed by atoms with van der Waals surface area (Å²) in [5, 5.41) is 0. The molecule has 3 rings (SSSR count). The van der Waals surface area contributed by atoms with E-state index in [1.807, 2.05) is 0 Å². The first-order valence-electron chi connectivity index (χ1n) is 10.0. The van der Waals surface area contributed by atoms with E-state index in [0.29, 0.717) is 12.1 Å². The zero-order valence-electron chi connectivity index (χ0n) is 16.8. The molecule has 1 aliphatic heterocycles. The number of hydrogen-bond donors (Lipinski definition) is 0. The molecule has 2 aromatic rings. The number of hydrogen-bond acceptors (Lipinski definition) is 1. The van der Waals surface area contributed by atoms with Crippen molar-refractivity contribution in [2.45, 2.75) is 64.6 Å². The molecule has 0 aromatic heterocycles. The van der Waals surface area contributed by atoms with Crippen molar-refractivity contribution < 1.29 is 8.91 Å². The molecule has 0 aliphatic carbocycles. The van der Waals surface area contributed by atoms with E-state index in [-0.39, 0.29) is 0 Å². The van der Waals surface area contributed by atoms with Crippen molar-refractivity contribution in [3.63, 3.8) is 0 Å². The first-order chi connectivity index (χ1) is 12.4. The van der Waals surface area contributed by atoms with E-state index in [1.54, 1.807) is 0 Å². The summed E-state index contributed by atoms with van der Waals surface area (Å²) in [6.45, 7) is 12.7. The Hall–Kier alpha value is -1.42. The number of rotatable bonds is 9. The molecule has 2 nitrogen and oxygen atoms in total. The summed E-state index contributed by atoms with van der Waals surface area (Å²) in [6, 6.07) is 22.6. The molecular formula is C23H34NOSi+. The summed E-state index contributed by atoms with van der Waals surface area (Å²) in [5.74, 6) is 0. The minimum atomic E-state index is -1.54. The third kappa shape index (κ3) is 5.06. The predicted molar refractivity (Wildman–Crippen MR) is 112 cm³/mol. The van der Waals surface area contributed by atoms with Crippen LogP contribution in [0.2, 0.25) is 19.6 Å². The zero-order valence-corrected chi connectivity index (χ0v) is 17.8. The van der Waals surface area contributed by atoms with Crippen LogP contribution in [0.15, 0.2) is 60.7 Å². The largest absolute Gasteiger partial charge is 0.408 e. The summed E-state index contributed by atoms with van der Waals surface area (Å²) in [4.78, 5) is 0. The Bertz CT molecular complexity index is 639. The minimum absolute atomic E-state index is 0.402. The maximum absolute atomic E-state index is 6.66. The van der Waals surface area contributed by atoms with Crippen LogP contribution in [0.3, 0.4) is 0 Å². The fourth-order valence-electron chi connectivity index (χ4n) is 4.18. The second-order valence-corrected chi connectivity index (χ2v) is 13.3. The van der Waals surface area contributed by atoms with Gasteiger partial charge in [0.1, 0.15) is 25.7 Å². The summed E-state index contributed by atoms with van der Waals surface area (Å²) in [7, 11) is -1.54. The van der Waals surface area contributed by atoms with Crippen LogP contribution in [0.25, 0.3) is 0 Å². The van der Waals surface area contributed by atoms with E-state index in [4.69, 9.17) is 4.43 Å². The highest BCUT2D eigenvalue weighted by Crippen LogP contribution is 2.41. The third-order valence-electron chi connectivity index (χ3n) is 5.31. The van der Waals surface area contributed by atoms with E-state index in [2.05, 4.69) is 87.2 Å². The van der Waals surface area contributed by atoms with Crippen LogP contribution in [0, 0.1) is 0 Å². The molecule has 140 valence electrons. The van der Waals surface area contributed by atoms with Gasteiger partial charge in [-0.15, -0.1) is 0 Å². The predicted octanol–water partition coefficient (Wildman–Crippen LogP) is 5.61. The van der Waals surface area contributed by atoms with Crippen LogP contribution in [0.5, 0.6) is 0 Å². The summed E-state index contributed by atoms with van der Waals surface area (Å²) < 4.78 is 7.80. The molecule has 0 radical (unpaired) electrons. The SMILES string of the molecule is CCC[C@@H](O[Si](C)(C)C)[C@H]1C[N+]1(Cc1ccccc1)Cc1ccccc1. The molecule has 0 spiro atoms. The van der Waals surface area contributed by atoms with Gasteiger partial charge in [-0.05, 0) is 26.1 Å². The fourth-order valence-corrected chi connectivity index (χ4v) is 5.36. The molecule has 3 heteroatoms. The second-order valence-electron chi connectivity index (χ2n) is 8.81. The van der Waals surface area contributed by atoms with E-state index >= 15 is 0 Å². The van der Waals surface area contributed by atoms with Gasteiger partial charge in [0.2, 0.25) is 0 Å². The molecule has 0 amide bonds. The van der Waals surface area contributed by atoms with Crippen molar-refractivity contribution in [1.29, 1.82) is 0 Å². The zero-order chi connectivity index (χ0) is 18.6. The molecule has 2 aromatic carbocycles. The molecule has 0 bridgehead atoms. The molecular weight excluding hydrogens is 334 g/mol. The lowest BCUT2D eigenvalue weighted by Gasteiger charge is -2.29. The van der Waals surface area contributed by atoms with Gasteiger partial charge in [-0.1, -0.05) is 74.0 Å². The van der Waals surface area contributed by atoms with Gasteiger partial charge in [0.05, 0.1) is 0 Å². The van der Waals surface area contributed by atoms with Crippen molar-refractivity contribution in [3.8, 4) is 0 Å². The van der Waals surface area contributed by atoms with Crippen LogP contribution < -0.4 is 0 Å². The highest BCUT2D eigenvalue weighted by atomic mass is 28.4. The summed E-state index contributed by atoms with van der Waals surface area (Å²) in [6.07, 6.45) is 2.78. The van der Waals surface area contributed by atoms with Gasteiger partial charge in [-0.2, -0.15) is 0 Å². The van der Waals surface area contributed by atoms with E-state index in [0.717, 1.165) is 17.6 Å². The maximum Gasteiger partial charge on any atom is 0.184 e. The topological polar surface area (TPSA) is 9.23 Å². The molecule has 1 fully saturated rings. The third-order valence-corrected chi connectivity index (χ3v) is 6.32. The van der Waals surface area contributed by atoms with Gasteiger partial charge in [-0.25, -0.2) is 0 Å². The number of quaternary nitrogens is 1. The summed E-state index contributed by atoms with van der Waals surface area (Å²) >= 11 is 0. The Morgan fingerprint density at radius 2 is 1.42 bits per heavy atom.